The van der Waals surface area contributed by atoms with Gasteiger partial charge in [-0.25, -0.2) is 0 Å². The van der Waals surface area contributed by atoms with Crippen LogP contribution in [0.2, 0.25) is 0 Å². The molecule has 2 aliphatic rings. The van der Waals surface area contributed by atoms with Crippen molar-refractivity contribution in [2.45, 2.75) is 96.0 Å². The molecule has 2 aliphatic heterocycles. The highest BCUT2D eigenvalue weighted by Crippen LogP contribution is 2.32. The van der Waals surface area contributed by atoms with Crippen LogP contribution >= 0.6 is 0 Å². The number of carbonyl (C=O) groups excluding carboxylic acids is 2. The van der Waals surface area contributed by atoms with Gasteiger partial charge in [0.25, 0.3) is 0 Å². The second-order valence-electron chi connectivity index (χ2n) is 12.5. The van der Waals surface area contributed by atoms with Crippen LogP contribution in [-0.4, -0.2) is 80.7 Å². The van der Waals surface area contributed by atoms with Crippen LogP contribution in [0, 0.1) is 0 Å². The van der Waals surface area contributed by atoms with Crippen LogP contribution in [0.5, 0.6) is 0 Å². The van der Waals surface area contributed by atoms with E-state index in [9.17, 15) is 14.7 Å². The second-order valence-corrected chi connectivity index (χ2v) is 12.5. The van der Waals surface area contributed by atoms with Gasteiger partial charge in [-0.2, -0.15) is 0 Å². The van der Waals surface area contributed by atoms with Gasteiger partial charge in [-0.05, 0) is 89.3 Å². The normalized spacial score (nSPS) is 21.5. The van der Waals surface area contributed by atoms with Crippen LogP contribution in [0.4, 0.5) is 0 Å². The number of hydrogen-bond donors (Lipinski definition) is 2. The van der Waals surface area contributed by atoms with Crippen molar-refractivity contribution in [3.8, 4) is 0 Å². The average Bonchev–Trinajstić information content (AvgIpc) is 3.14. The number of nitrogens with one attached hydrogen (secondary N) is 1. The Bertz CT molecular complexity index is 1180. The Morgan fingerprint density at radius 3 is 1.57 bits per heavy atom. The molecule has 3 aromatic carbocycles. The van der Waals surface area contributed by atoms with E-state index in [0.717, 1.165) is 76.3 Å². The van der Waals surface area contributed by atoms with E-state index in [-0.39, 0.29) is 38.2 Å². The van der Waals surface area contributed by atoms with E-state index in [2.05, 4.69) is 89.9 Å². The molecular weight excluding hydrogens is 614 g/mol. The van der Waals surface area contributed by atoms with Crippen LogP contribution in [0.25, 0.3) is 0 Å². The summed E-state index contributed by atoms with van der Waals surface area (Å²) >= 11 is 0. The number of unbranched alkanes of at least 4 members (excludes halogenated alkanes) is 2. The molecule has 2 N–H and O–H groups in total. The SMILES string of the molecule is C.CN1CCC(c2ccccc2)OC1CCCC1OC(c2ccccc2)CCN1C.CNCCC(O)c1ccccc1.O=CCCCC=O. The third-order valence-corrected chi connectivity index (χ3v) is 8.85. The Morgan fingerprint density at radius 2 is 1.16 bits per heavy atom. The fraction of sp³-hybridized carbons (Fsp3) is 0.512. The van der Waals surface area contributed by atoms with Crippen LogP contribution in [0.1, 0.15) is 100 Å². The van der Waals surface area contributed by atoms with Gasteiger partial charge in [0.2, 0.25) is 0 Å². The van der Waals surface area contributed by atoms with Gasteiger partial charge in [-0.1, -0.05) is 98.4 Å². The van der Waals surface area contributed by atoms with Crippen LogP contribution in [0.15, 0.2) is 91.0 Å². The summed E-state index contributed by atoms with van der Waals surface area (Å²) in [4.78, 5) is 23.8. The maximum atomic E-state index is 9.61. The smallest absolute Gasteiger partial charge is 0.120 e. The highest BCUT2D eigenvalue weighted by molar-refractivity contribution is 5.52. The van der Waals surface area contributed by atoms with Gasteiger partial charge >= 0.3 is 0 Å². The van der Waals surface area contributed by atoms with Gasteiger partial charge < -0.3 is 29.5 Å². The Labute approximate surface area is 295 Å². The first-order valence-corrected chi connectivity index (χ1v) is 17.5. The van der Waals surface area contributed by atoms with E-state index >= 15 is 0 Å². The van der Waals surface area contributed by atoms with E-state index in [1.165, 1.54) is 11.1 Å². The van der Waals surface area contributed by atoms with Gasteiger partial charge in [0.05, 0.1) is 18.3 Å². The lowest BCUT2D eigenvalue weighted by atomic mass is 10.0. The number of benzene rings is 3. The van der Waals surface area contributed by atoms with E-state index in [1.807, 2.05) is 37.4 Å². The standard InChI is InChI=1S/C25H34N2O2.C10H15NO.C5H8O2.CH4/c1-26-18-16-22(20-10-5-3-6-11-20)28-24(26)14-9-15-25-27(2)19-17-23(29-25)21-12-7-4-8-13-21;1-11-8-7-10(12)9-5-3-2-4-6-9;6-4-2-1-3-5-7;/h3-8,10-13,22-25H,9,14-19H2,1-2H3;2-6,10-12H,7-8H2,1H3;4-5H,1-3H2;1H4. The molecule has 0 amide bonds. The van der Waals surface area contributed by atoms with Crippen LogP contribution < -0.4 is 5.32 Å². The summed E-state index contributed by atoms with van der Waals surface area (Å²) < 4.78 is 12.9. The van der Waals surface area contributed by atoms with E-state index in [4.69, 9.17) is 9.47 Å². The lowest BCUT2D eigenvalue weighted by Gasteiger charge is -2.39. The average molecular weight is 676 g/mol. The predicted octanol–water partition coefficient (Wildman–Crippen LogP) is 7.52. The third kappa shape index (κ3) is 15.5. The van der Waals surface area contributed by atoms with Crippen molar-refractivity contribution < 1.29 is 24.2 Å². The first-order valence-electron chi connectivity index (χ1n) is 17.5. The fourth-order valence-electron chi connectivity index (χ4n) is 5.93. The van der Waals surface area contributed by atoms with Gasteiger partial charge in [0.15, 0.2) is 0 Å². The summed E-state index contributed by atoms with van der Waals surface area (Å²) in [5, 5.41) is 12.6. The first kappa shape index (κ1) is 41.9. The Hall–Kier alpha value is -3.24. The maximum Gasteiger partial charge on any atom is 0.120 e. The van der Waals surface area contributed by atoms with Crippen molar-refractivity contribution in [2.24, 2.45) is 0 Å². The molecule has 0 spiro atoms. The molecular formula is C41H61N3O5. The van der Waals surface area contributed by atoms with E-state index in [0.29, 0.717) is 19.3 Å². The molecule has 270 valence electrons. The van der Waals surface area contributed by atoms with Crippen molar-refractivity contribution in [1.29, 1.82) is 0 Å². The van der Waals surface area contributed by atoms with Gasteiger partial charge in [-0.15, -0.1) is 0 Å². The molecule has 5 unspecified atom stereocenters. The number of ether oxygens (including phenoxy) is 2. The molecule has 0 bridgehead atoms. The molecule has 0 radical (unpaired) electrons. The van der Waals surface area contributed by atoms with Crippen molar-refractivity contribution in [3.63, 3.8) is 0 Å². The molecule has 0 aromatic heterocycles. The number of nitrogens with zero attached hydrogens (tertiary/aromatic N) is 2. The van der Waals surface area contributed by atoms with Gasteiger partial charge in [0, 0.05) is 25.9 Å². The Morgan fingerprint density at radius 1 is 0.735 bits per heavy atom. The monoisotopic (exact) mass is 675 g/mol. The minimum Gasteiger partial charge on any atom is -0.388 e. The quantitative estimate of drug-likeness (QED) is 0.134. The largest absolute Gasteiger partial charge is 0.388 e. The number of aliphatic hydroxyl groups excluding tert-OH is 1. The molecule has 8 heteroatoms. The van der Waals surface area contributed by atoms with Crippen molar-refractivity contribution in [3.05, 3.63) is 108 Å². The minimum atomic E-state index is -0.335. The molecule has 2 heterocycles. The van der Waals surface area contributed by atoms with E-state index in [1.54, 1.807) is 0 Å². The molecule has 2 saturated heterocycles. The number of rotatable bonds is 14. The number of aliphatic hydroxyl groups is 1. The molecule has 3 aromatic rings. The molecule has 49 heavy (non-hydrogen) atoms. The van der Waals surface area contributed by atoms with Crippen molar-refractivity contribution >= 4 is 12.6 Å². The summed E-state index contributed by atoms with van der Waals surface area (Å²) in [6.45, 7) is 3.01. The zero-order valence-electron chi connectivity index (χ0n) is 29.2. The minimum absolute atomic E-state index is 0. The zero-order valence-corrected chi connectivity index (χ0v) is 29.2. The molecule has 0 saturated carbocycles. The van der Waals surface area contributed by atoms with Gasteiger partial charge in [0.1, 0.15) is 25.0 Å². The first-order chi connectivity index (χ1) is 23.5. The fourth-order valence-corrected chi connectivity index (χ4v) is 5.93. The summed E-state index contributed by atoms with van der Waals surface area (Å²) in [6, 6.07) is 31.0. The lowest BCUT2D eigenvalue weighted by molar-refractivity contribution is -0.148. The van der Waals surface area contributed by atoms with Crippen molar-refractivity contribution in [2.75, 3.05) is 40.8 Å². The number of hydrogen-bond acceptors (Lipinski definition) is 8. The highest BCUT2D eigenvalue weighted by Gasteiger charge is 2.30. The highest BCUT2D eigenvalue weighted by atomic mass is 16.5. The van der Waals surface area contributed by atoms with Crippen molar-refractivity contribution in [1.82, 2.24) is 15.1 Å². The van der Waals surface area contributed by atoms with Crippen LogP contribution in [-0.2, 0) is 19.1 Å². The second kappa shape index (κ2) is 24.8. The third-order valence-electron chi connectivity index (χ3n) is 8.85. The molecule has 2 fully saturated rings. The summed E-state index contributed by atoms with van der Waals surface area (Å²) in [5.41, 5.74) is 3.59. The number of aldehydes is 2. The molecule has 5 rings (SSSR count). The van der Waals surface area contributed by atoms with Crippen LogP contribution in [0.3, 0.4) is 0 Å². The number of carbonyl (C=O) groups is 2. The summed E-state index contributed by atoms with van der Waals surface area (Å²) in [6.07, 6.45) is 9.92. The molecule has 0 aliphatic carbocycles. The molecule has 8 nitrogen and oxygen atoms in total. The summed E-state index contributed by atoms with van der Waals surface area (Å²) in [5.74, 6) is 0. The predicted molar refractivity (Wildman–Crippen MR) is 199 cm³/mol. The molecule has 5 atom stereocenters. The zero-order chi connectivity index (χ0) is 34.4. The lowest BCUT2D eigenvalue weighted by Crippen LogP contribution is -2.43. The maximum absolute atomic E-state index is 9.61. The Kier molecular flexibility index (Phi) is 21.2. The summed E-state index contributed by atoms with van der Waals surface area (Å²) in [7, 11) is 6.25. The van der Waals surface area contributed by atoms with Gasteiger partial charge in [-0.3, -0.25) is 9.80 Å². The topological polar surface area (TPSA) is 91.3 Å². The Balaban J connectivity index is 0.000000345. The van der Waals surface area contributed by atoms with E-state index < -0.39 is 0 Å².